The summed E-state index contributed by atoms with van der Waals surface area (Å²) in [5.41, 5.74) is 6.12. The lowest BCUT2D eigenvalue weighted by Crippen LogP contribution is -2.46. The molecule has 27 heavy (non-hydrogen) atoms. The number of alkyl halides is 2. The van der Waals surface area contributed by atoms with Crippen molar-refractivity contribution in [1.29, 1.82) is 0 Å². The maximum absolute atomic E-state index is 13.4. The molecule has 6 heteroatoms. The summed E-state index contributed by atoms with van der Waals surface area (Å²) in [5.74, 6) is 0.0972. The molecule has 1 heterocycles. The summed E-state index contributed by atoms with van der Waals surface area (Å²) in [6, 6.07) is 0.169. The Morgan fingerprint density at radius 1 is 1.37 bits per heavy atom. The van der Waals surface area contributed by atoms with E-state index in [2.05, 4.69) is 4.90 Å². The third-order valence-electron chi connectivity index (χ3n) is 5.90. The number of nitrogens with two attached hydrogens (primary N) is 1. The highest BCUT2D eigenvalue weighted by Gasteiger charge is 2.41. The zero-order valence-electron chi connectivity index (χ0n) is 16.2. The Balaban J connectivity index is 1.87. The first-order valence-corrected chi connectivity index (χ1v) is 10.1. The largest absolute Gasteiger partial charge is 0.437 e. The Bertz CT molecular complexity index is 604. The Labute approximate surface area is 160 Å². The number of likely N-dealkylation sites (tertiary alicyclic amines) is 1. The molecule has 2 aliphatic carbocycles. The Morgan fingerprint density at radius 2 is 2.11 bits per heavy atom. The van der Waals surface area contributed by atoms with Crippen molar-refractivity contribution >= 4 is 0 Å². The van der Waals surface area contributed by atoms with Gasteiger partial charge in [0.05, 0.1) is 5.60 Å². The molecular weight excluding hydrogens is 350 g/mol. The average molecular weight is 382 g/mol. The van der Waals surface area contributed by atoms with Crippen LogP contribution in [0.5, 0.6) is 0 Å². The van der Waals surface area contributed by atoms with E-state index in [0.29, 0.717) is 13.0 Å². The van der Waals surface area contributed by atoms with Crippen LogP contribution in [0.25, 0.3) is 0 Å². The maximum atomic E-state index is 13.4. The summed E-state index contributed by atoms with van der Waals surface area (Å²) in [7, 11) is 0. The number of nitrogens with zero attached hydrogens (tertiary/aromatic N) is 1. The Hall–Kier alpha value is -1.24. The van der Waals surface area contributed by atoms with Gasteiger partial charge in [-0.3, -0.25) is 0 Å². The van der Waals surface area contributed by atoms with E-state index in [1.165, 1.54) is 0 Å². The van der Waals surface area contributed by atoms with E-state index >= 15 is 0 Å². The summed E-state index contributed by atoms with van der Waals surface area (Å²) < 4.78 is 31.6. The predicted octanol–water partition coefficient (Wildman–Crippen LogP) is 3.73. The number of rotatable bonds is 6. The molecule has 0 aromatic rings. The number of halogens is 2. The van der Waals surface area contributed by atoms with E-state index in [4.69, 9.17) is 10.5 Å². The fourth-order valence-electron chi connectivity index (χ4n) is 4.56. The third kappa shape index (κ3) is 5.62. The lowest BCUT2D eigenvalue weighted by atomic mass is 9.72. The first-order chi connectivity index (χ1) is 12.8. The molecule has 3 aliphatic rings. The van der Waals surface area contributed by atoms with Gasteiger partial charge in [0.15, 0.2) is 0 Å². The predicted molar refractivity (Wildman–Crippen MR) is 102 cm³/mol. The van der Waals surface area contributed by atoms with Crippen LogP contribution in [0.15, 0.2) is 35.6 Å². The quantitative estimate of drug-likeness (QED) is 0.735. The number of ether oxygens (including phenoxy) is 1. The van der Waals surface area contributed by atoms with Crippen LogP contribution >= 0.6 is 0 Å². The highest BCUT2D eigenvalue weighted by atomic mass is 19.3. The SMILES string of the molecule is CC(F)(F)OC1=CC(C(CN2CC[C@H](N)C2)C2(O)CCCCC2)=CC=CC1. The molecule has 0 bridgehead atoms. The van der Waals surface area contributed by atoms with E-state index in [1.54, 1.807) is 6.08 Å². The van der Waals surface area contributed by atoms with Crippen molar-refractivity contribution in [3.8, 4) is 0 Å². The molecule has 3 N–H and O–H groups in total. The minimum absolute atomic E-state index is 0.144. The minimum Gasteiger partial charge on any atom is -0.437 e. The van der Waals surface area contributed by atoms with Crippen LogP contribution in [0.3, 0.4) is 0 Å². The van der Waals surface area contributed by atoms with Crippen molar-refractivity contribution in [2.75, 3.05) is 19.6 Å². The normalized spacial score (nSPS) is 27.7. The van der Waals surface area contributed by atoms with Gasteiger partial charge in [0.25, 0.3) is 0 Å². The molecule has 2 fully saturated rings. The first-order valence-electron chi connectivity index (χ1n) is 10.1. The van der Waals surface area contributed by atoms with Gasteiger partial charge in [0, 0.05) is 38.4 Å². The molecule has 0 aromatic heterocycles. The second kappa shape index (κ2) is 8.41. The number of aliphatic hydroxyl groups is 1. The van der Waals surface area contributed by atoms with Gasteiger partial charge in [-0.05, 0) is 37.5 Å². The van der Waals surface area contributed by atoms with E-state index < -0.39 is 11.7 Å². The molecule has 1 saturated heterocycles. The second-order valence-corrected chi connectivity index (χ2v) is 8.34. The zero-order chi connectivity index (χ0) is 19.5. The van der Waals surface area contributed by atoms with Crippen LogP contribution in [0.2, 0.25) is 0 Å². The van der Waals surface area contributed by atoms with Crippen molar-refractivity contribution in [1.82, 2.24) is 4.90 Å². The molecule has 4 nitrogen and oxygen atoms in total. The van der Waals surface area contributed by atoms with Gasteiger partial charge < -0.3 is 20.5 Å². The van der Waals surface area contributed by atoms with E-state index in [9.17, 15) is 13.9 Å². The molecule has 0 aromatic carbocycles. The lowest BCUT2D eigenvalue weighted by molar-refractivity contribution is -0.199. The number of hydrogen-bond acceptors (Lipinski definition) is 4. The number of allylic oxidation sites excluding steroid dienone is 4. The fraction of sp³-hybridized carbons (Fsp3) is 0.714. The molecule has 1 aliphatic heterocycles. The summed E-state index contributed by atoms with van der Waals surface area (Å²) in [6.07, 6.45) is 10.0. The van der Waals surface area contributed by atoms with E-state index in [0.717, 1.165) is 64.1 Å². The topological polar surface area (TPSA) is 58.7 Å². The maximum Gasteiger partial charge on any atom is 0.394 e. The monoisotopic (exact) mass is 382 g/mol. The fourth-order valence-corrected chi connectivity index (χ4v) is 4.56. The van der Waals surface area contributed by atoms with Crippen LogP contribution in [0.4, 0.5) is 8.78 Å². The number of hydrogen-bond donors (Lipinski definition) is 2. The zero-order valence-corrected chi connectivity index (χ0v) is 16.2. The second-order valence-electron chi connectivity index (χ2n) is 8.34. The lowest BCUT2D eigenvalue weighted by Gasteiger charge is -2.41. The average Bonchev–Trinajstić information content (AvgIpc) is 2.86. The highest BCUT2D eigenvalue weighted by molar-refractivity contribution is 5.34. The third-order valence-corrected chi connectivity index (χ3v) is 5.90. The molecule has 0 radical (unpaired) electrons. The van der Waals surface area contributed by atoms with Crippen LogP contribution in [0.1, 0.15) is 51.9 Å². The summed E-state index contributed by atoms with van der Waals surface area (Å²) in [6.45, 7) is 3.17. The summed E-state index contributed by atoms with van der Waals surface area (Å²) in [4.78, 5) is 2.29. The molecule has 3 rings (SSSR count). The summed E-state index contributed by atoms with van der Waals surface area (Å²) >= 11 is 0. The van der Waals surface area contributed by atoms with Gasteiger partial charge >= 0.3 is 6.11 Å². The minimum atomic E-state index is -3.21. The van der Waals surface area contributed by atoms with Crippen LogP contribution in [0, 0.1) is 5.92 Å². The molecular formula is C21H32F2N2O2. The van der Waals surface area contributed by atoms with Crippen molar-refractivity contribution in [2.45, 2.75) is 69.6 Å². The van der Waals surface area contributed by atoms with Crippen LogP contribution < -0.4 is 5.73 Å². The van der Waals surface area contributed by atoms with Gasteiger partial charge in [0.2, 0.25) is 0 Å². The molecule has 0 spiro atoms. The van der Waals surface area contributed by atoms with Crippen molar-refractivity contribution in [3.05, 3.63) is 35.6 Å². The molecule has 152 valence electrons. The molecule has 1 unspecified atom stereocenters. The van der Waals surface area contributed by atoms with Crippen LogP contribution in [-0.4, -0.2) is 47.4 Å². The first kappa shape index (κ1) is 20.5. The highest BCUT2D eigenvalue weighted by Crippen LogP contribution is 2.40. The van der Waals surface area contributed by atoms with Gasteiger partial charge in [-0.2, -0.15) is 8.78 Å². The molecule has 1 saturated carbocycles. The van der Waals surface area contributed by atoms with Crippen molar-refractivity contribution < 1.29 is 18.6 Å². The van der Waals surface area contributed by atoms with Gasteiger partial charge in [0.1, 0.15) is 5.76 Å². The van der Waals surface area contributed by atoms with Gasteiger partial charge in [-0.25, -0.2) is 0 Å². The van der Waals surface area contributed by atoms with Crippen molar-refractivity contribution in [2.24, 2.45) is 11.7 Å². The van der Waals surface area contributed by atoms with Crippen molar-refractivity contribution in [3.63, 3.8) is 0 Å². The van der Waals surface area contributed by atoms with E-state index in [1.807, 2.05) is 18.2 Å². The Morgan fingerprint density at radius 3 is 2.74 bits per heavy atom. The molecule has 0 amide bonds. The van der Waals surface area contributed by atoms with E-state index in [-0.39, 0.29) is 17.7 Å². The standard InChI is InChI=1S/C21H32F2N2O2/c1-20(22,23)27-18-8-4-3-7-16(13-18)19(15-25-12-9-17(24)14-25)21(26)10-5-2-6-11-21/h3-4,7,13,17,19,26H,2,5-6,8-12,14-15,24H2,1H3/t17-,19?/m0/s1. The smallest absolute Gasteiger partial charge is 0.394 e. The van der Waals surface area contributed by atoms with Crippen LogP contribution in [-0.2, 0) is 4.74 Å². The van der Waals surface area contributed by atoms with Gasteiger partial charge in [-0.15, -0.1) is 0 Å². The Kier molecular flexibility index (Phi) is 6.39. The summed E-state index contributed by atoms with van der Waals surface area (Å²) in [5, 5.41) is 11.5. The van der Waals surface area contributed by atoms with Gasteiger partial charge in [-0.1, -0.05) is 37.5 Å². The molecule has 2 atom stereocenters.